The van der Waals surface area contributed by atoms with Gasteiger partial charge in [-0.2, -0.15) is 3.94 Å². The summed E-state index contributed by atoms with van der Waals surface area (Å²) in [6.45, 7) is 1.97. The van der Waals surface area contributed by atoms with E-state index in [0.717, 1.165) is 20.9 Å². The highest BCUT2D eigenvalue weighted by molar-refractivity contribution is 6.49. The molecule has 0 bridgehead atoms. The van der Waals surface area contributed by atoms with Crippen LogP contribution < -0.4 is 8.84 Å². The molecule has 80 valence electrons. The van der Waals surface area contributed by atoms with E-state index in [1.807, 2.05) is 44.1 Å². The quantitative estimate of drug-likeness (QED) is 0.745. The lowest BCUT2D eigenvalue weighted by atomic mass is 10.2. The normalized spacial score (nSPS) is 9.21. The maximum Gasteiger partial charge on any atom is 0.0740 e. The van der Waals surface area contributed by atoms with Crippen LogP contribution in [0.25, 0.3) is 0 Å². The van der Waals surface area contributed by atoms with E-state index < -0.39 is 0 Å². The molecule has 1 aromatic carbocycles. The summed E-state index contributed by atoms with van der Waals surface area (Å²) in [6, 6.07) is 5.90. The lowest BCUT2D eigenvalue weighted by Crippen LogP contribution is -2.09. The van der Waals surface area contributed by atoms with Gasteiger partial charge in [0.15, 0.2) is 0 Å². The second kappa shape index (κ2) is 5.54. The van der Waals surface area contributed by atoms with Crippen LogP contribution in [0.1, 0.15) is 5.56 Å². The number of hydrogen-bond donors (Lipinski definition) is 0. The van der Waals surface area contributed by atoms with Crippen molar-refractivity contribution in [3.63, 3.8) is 0 Å². The van der Waals surface area contributed by atoms with Crippen LogP contribution in [-0.4, -0.2) is 14.1 Å². The summed E-state index contributed by atoms with van der Waals surface area (Å²) in [5.41, 5.74) is 3.00. The lowest BCUT2D eigenvalue weighted by molar-refractivity contribution is 1.13. The van der Waals surface area contributed by atoms with E-state index in [0.29, 0.717) is 0 Å². The summed E-state index contributed by atoms with van der Waals surface area (Å²) >= 11 is 11.3. The fourth-order valence-corrected chi connectivity index (χ4v) is 1.49. The molecule has 0 amide bonds. The van der Waals surface area contributed by atoms with Gasteiger partial charge in [0.05, 0.1) is 5.69 Å². The fraction of sp³-hybridized carbons (Fsp3) is 0.333. The minimum Gasteiger partial charge on any atom is -0.378 e. The number of rotatable bonds is 2. The van der Waals surface area contributed by atoms with Crippen molar-refractivity contribution in [1.29, 1.82) is 0 Å². The van der Waals surface area contributed by atoms with Crippen LogP contribution in [0.5, 0.6) is 0 Å². The van der Waals surface area contributed by atoms with E-state index >= 15 is 0 Å². The molecular weight excluding hydrogens is 242 g/mol. The average molecular weight is 256 g/mol. The number of anilines is 2. The van der Waals surface area contributed by atoms with Crippen molar-refractivity contribution in [1.82, 2.24) is 0 Å². The number of hydrogen-bond acceptors (Lipinski definition) is 2. The van der Waals surface area contributed by atoms with Crippen molar-refractivity contribution < 1.29 is 0 Å². The SMILES string of the molecule is Cc1cc(N(C)C)ccc1N(Cl)Cl.Cl. The maximum absolute atomic E-state index is 5.63. The molecule has 2 nitrogen and oxygen atoms in total. The Morgan fingerprint density at radius 2 is 1.71 bits per heavy atom. The summed E-state index contributed by atoms with van der Waals surface area (Å²) in [5.74, 6) is 0. The topological polar surface area (TPSA) is 6.48 Å². The molecule has 0 saturated carbocycles. The molecule has 0 N–H and O–H groups in total. The van der Waals surface area contributed by atoms with Crippen molar-refractivity contribution in [2.24, 2.45) is 0 Å². The van der Waals surface area contributed by atoms with Gasteiger partial charge in [-0.3, -0.25) is 0 Å². The fourth-order valence-electron chi connectivity index (χ4n) is 1.11. The minimum absolute atomic E-state index is 0. The van der Waals surface area contributed by atoms with Gasteiger partial charge in [0.2, 0.25) is 0 Å². The molecule has 0 atom stereocenters. The number of nitrogens with zero attached hydrogens (tertiary/aromatic N) is 2. The molecule has 0 unspecified atom stereocenters. The highest BCUT2D eigenvalue weighted by atomic mass is 35.5. The lowest BCUT2D eigenvalue weighted by Gasteiger charge is -2.16. The Morgan fingerprint density at radius 3 is 2.07 bits per heavy atom. The summed E-state index contributed by atoms with van der Waals surface area (Å²) in [6.07, 6.45) is 0. The van der Waals surface area contributed by atoms with Crippen molar-refractivity contribution in [2.75, 3.05) is 22.9 Å². The Labute approximate surface area is 101 Å². The van der Waals surface area contributed by atoms with E-state index in [1.165, 1.54) is 0 Å². The molecule has 0 fully saturated rings. The van der Waals surface area contributed by atoms with Gasteiger partial charge in [-0.05, 0) is 30.7 Å². The highest BCUT2D eigenvalue weighted by Crippen LogP contribution is 2.27. The molecule has 5 heteroatoms. The van der Waals surface area contributed by atoms with Crippen molar-refractivity contribution in [3.05, 3.63) is 23.8 Å². The molecule has 0 saturated heterocycles. The molecule has 0 aliphatic carbocycles. The Bertz CT molecular complexity index is 300. The molecule has 0 aliphatic heterocycles. The van der Waals surface area contributed by atoms with Crippen molar-refractivity contribution >= 4 is 47.3 Å². The van der Waals surface area contributed by atoms with Crippen LogP contribution in [0.3, 0.4) is 0 Å². The first-order valence-electron chi connectivity index (χ1n) is 3.92. The van der Waals surface area contributed by atoms with Gasteiger partial charge < -0.3 is 4.90 Å². The maximum atomic E-state index is 5.63. The van der Waals surface area contributed by atoms with E-state index in [1.54, 1.807) is 0 Å². The van der Waals surface area contributed by atoms with E-state index in [2.05, 4.69) is 0 Å². The van der Waals surface area contributed by atoms with Gasteiger partial charge >= 0.3 is 0 Å². The molecule has 0 aliphatic rings. The highest BCUT2D eigenvalue weighted by Gasteiger charge is 2.05. The zero-order chi connectivity index (χ0) is 10.0. The van der Waals surface area contributed by atoms with E-state index in [9.17, 15) is 0 Å². The summed E-state index contributed by atoms with van der Waals surface area (Å²) in [4.78, 5) is 2.03. The first-order valence-corrected chi connectivity index (χ1v) is 4.59. The Kier molecular flexibility index (Phi) is 5.42. The molecule has 0 spiro atoms. The Hall–Kier alpha value is -0.310. The Morgan fingerprint density at radius 1 is 1.14 bits per heavy atom. The summed E-state index contributed by atoms with van der Waals surface area (Å²) in [7, 11) is 3.99. The first kappa shape index (κ1) is 13.7. The van der Waals surface area contributed by atoms with Gasteiger partial charge in [0, 0.05) is 43.3 Å². The third kappa shape index (κ3) is 3.12. The van der Waals surface area contributed by atoms with Crippen LogP contribution in [0, 0.1) is 6.92 Å². The summed E-state index contributed by atoms with van der Waals surface area (Å²) < 4.78 is 1.08. The third-order valence-corrected chi connectivity index (χ3v) is 2.24. The molecule has 0 aromatic heterocycles. The predicted molar refractivity (Wildman–Crippen MR) is 66.9 cm³/mol. The molecule has 1 aromatic rings. The molecule has 0 radical (unpaired) electrons. The van der Waals surface area contributed by atoms with Crippen LogP contribution in [-0.2, 0) is 0 Å². The zero-order valence-electron chi connectivity index (χ0n) is 8.29. The smallest absolute Gasteiger partial charge is 0.0740 e. The van der Waals surface area contributed by atoms with Gasteiger partial charge in [-0.25, -0.2) is 0 Å². The van der Waals surface area contributed by atoms with E-state index in [4.69, 9.17) is 23.6 Å². The van der Waals surface area contributed by atoms with Crippen LogP contribution in [0.15, 0.2) is 18.2 Å². The van der Waals surface area contributed by atoms with Crippen molar-refractivity contribution in [2.45, 2.75) is 6.92 Å². The van der Waals surface area contributed by atoms with Crippen LogP contribution in [0.4, 0.5) is 11.4 Å². The Balaban J connectivity index is 0.00000169. The van der Waals surface area contributed by atoms with Gasteiger partial charge in [-0.1, -0.05) is 0 Å². The third-order valence-electron chi connectivity index (χ3n) is 1.88. The molecular formula is C9H13Cl3N2. The number of halogens is 3. The monoisotopic (exact) mass is 254 g/mol. The summed E-state index contributed by atoms with van der Waals surface area (Å²) in [5, 5.41) is 0. The van der Waals surface area contributed by atoms with Gasteiger partial charge in [-0.15, -0.1) is 12.4 Å². The number of benzene rings is 1. The largest absolute Gasteiger partial charge is 0.378 e. The molecule has 1 rings (SSSR count). The second-order valence-corrected chi connectivity index (χ2v) is 3.95. The minimum atomic E-state index is 0. The van der Waals surface area contributed by atoms with Crippen molar-refractivity contribution in [3.8, 4) is 0 Å². The standard InChI is InChI=1S/C9H12Cl2N2.ClH/c1-7-6-8(12(2)3)4-5-9(7)13(10)11;/h4-6H,1-3H3;1H. The second-order valence-electron chi connectivity index (χ2n) is 3.10. The molecule has 0 heterocycles. The predicted octanol–water partition coefficient (Wildman–Crippen LogP) is 3.60. The van der Waals surface area contributed by atoms with Crippen LogP contribution in [0.2, 0.25) is 0 Å². The first-order chi connectivity index (χ1) is 6.02. The average Bonchev–Trinajstić information content (AvgIpc) is 2.03. The number of aryl methyl sites for hydroxylation is 1. The van der Waals surface area contributed by atoms with Crippen LogP contribution >= 0.6 is 36.0 Å². The zero-order valence-corrected chi connectivity index (χ0v) is 10.6. The van der Waals surface area contributed by atoms with E-state index in [-0.39, 0.29) is 12.4 Å². The van der Waals surface area contributed by atoms with Gasteiger partial charge in [0.1, 0.15) is 0 Å². The van der Waals surface area contributed by atoms with Gasteiger partial charge in [0.25, 0.3) is 0 Å². The molecule has 14 heavy (non-hydrogen) atoms.